The highest BCUT2D eigenvalue weighted by molar-refractivity contribution is 6.23. The van der Waals surface area contributed by atoms with E-state index in [-0.39, 0.29) is 11.7 Å². The predicted octanol–water partition coefficient (Wildman–Crippen LogP) is 4.34. The summed E-state index contributed by atoms with van der Waals surface area (Å²) >= 11 is 0. The van der Waals surface area contributed by atoms with Gasteiger partial charge in [-0.3, -0.25) is 14.4 Å². The number of phenolic OH excluding ortho intramolecular Hbond substituents is 1. The van der Waals surface area contributed by atoms with Crippen molar-refractivity contribution in [1.29, 1.82) is 0 Å². The van der Waals surface area contributed by atoms with Crippen LogP contribution in [-0.4, -0.2) is 28.0 Å². The number of rotatable bonds is 5. The number of anilines is 1. The zero-order valence-electron chi connectivity index (χ0n) is 17.3. The highest BCUT2D eigenvalue weighted by atomic mass is 16.4. The third-order valence-electron chi connectivity index (χ3n) is 6.69. The summed E-state index contributed by atoms with van der Waals surface area (Å²) in [6, 6.07) is 14.8. The molecule has 0 radical (unpaired) electrons. The van der Waals surface area contributed by atoms with Gasteiger partial charge in [0.15, 0.2) is 0 Å². The SMILES string of the molecule is O=C(O)[C@@H]1C(=O)N(c2ccccc2)C(=O)[C@H](CC2CCCCC2)[C@H]1c1ccc(O)cc1. The maximum Gasteiger partial charge on any atom is 0.316 e. The molecule has 2 aromatic carbocycles. The van der Waals surface area contributed by atoms with Gasteiger partial charge < -0.3 is 10.2 Å². The molecule has 4 rings (SSSR count). The third kappa shape index (κ3) is 4.20. The summed E-state index contributed by atoms with van der Waals surface area (Å²) in [5.74, 6) is -4.63. The Balaban J connectivity index is 1.79. The van der Waals surface area contributed by atoms with Crippen LogP contribution >= 0.6 is 0 Å². The molecule has 162 valence electrons. The smallest absolute Gasteiger partial charge is 0.316 e. The molecule has 0 spiro atoms. The number of amides is 2. The number of carbonyl (C=O) groups excluding carboxylic acids is 2. The van der Waals surface area contributed by atoms with Crippen molar-refractivity contribution in [3.8, 4) is 5.75 Å². The highest BCUT2D eigenvalue weighted by Crippen LogP contribution is 2.45. The maximum atomic E-state index is 13.7. The number of carboxylic acid groups (broad SMARTS) is 1. The van der Waals surface area contributed by atoms with Crippen LogP contribution in [0.4, 0.5) is 5.69 Å². The Kier molecular flexibility index (Phi) is 6.07. The van der Waals surface area contributed by atoms with Crippen LogP contribution < -0.4 is 4.90 Å². The van der Waals surface area contributed by atoms with E-state index < -0.39 is 29.6 Å². The second-order valence-electron chi connectivity index (χ2n) is 8.63. The van der Waals surface area contributed by atoms with Crippen molar-refractivity contribution in [2.75, 3.05) is 4.90 Å². The number of nitrogens with zero attached hydrogens (tertiary/aromatic N) is 1. The highest BCUT2D eigenvalue weighted by Gasteiger charge is 2.52. The third-order valence-corrected chi connectivity index (χ3v) is 6.69. The van der Waals surface area contributed by atoms with E-state index in [1.165, 1.54) is 18.6 Å². The fraction of sp³-hybridized carbons (Fsp3) is 0.400. The van der Waals surface area contributed by atoms with Gasteiger partial charge in [0, 0.05) is 11.8 Å². The van der Waals surface area contributed by atoms with Gasteiger partial charge in [0.1, 0.15) is 11.7 Å². The van der Waals surface area contributed by atoms with E-state index in [0.717, 1.165) is 30.6 Å². The van der Waals surface area contributed by atoms with Crippen LogP contribution in [0.1, 0.15) is 50.0 Å². The molecule has 2 N–H and O–H groups in total. The van der Waals surface area contributed by atoms with E-state index in [0.29, 0.717) is 23.6 Å². The fourth-order valence-corrected chi connectivity index (χ4v) is 5.19. The summed E-state index contributed by atoms with van der Waals surface area (Å²) in [5.41, 5.74) is 1.00. The molecule has 3 atom stereocenters. The summed E-state index contributed by atoms with van der Waals surface area (Å²) in [6.07, 6.45) is 6.00. The molecular formula is C25H27NO5. The second-order valence-corrected chi connectivity index (χ2v) is 8.63. The molecule has 2 amide bonds. The largest absolute Gasteiger partial charge is 0.508 e. The van der Waals surface area contributed by atoms with E-state index in [4.69, 9.17) is 0 Å². The Morgan fingerprint density at radius 1 is 0.903 bits per heavy atom. The van der Waals surface area contributed by atoms with Crippen LogP contribution in [0.3, 0.4) is 0 Å². The number of imide groups is 1. The monoisotopic (exact) mass is 421 g/mol. The number of aromatic hydroxyl groups is 1. The average Bonchev–Trinajstić information content (AvgIpc) is 2.77. The first-order valence-electron chi connectivity index (χ1n) is 10.9. The first-order valence-corrected chi connectivity index (χ1v) is 10.9. The predicted molar refractivity (Wildman–Crippen MR) is 116 cm³/mol. The number of para-hydroxylation sites is 1. The van der Waals surface area contributed by atoms with Crippen molar-refractivity contribution < 1.29 is 24.6 Å². The lowest BCUT2D eigenvalue weighted by Crippen LogP contribution is -2.56. The number of benzene rings is 2. The Morgan fingerprint density at radius 2 is 1.55 bits per heavy atom. The molecule has 0 bridgehead atoms. The maximum absolute atomic E-state index is 13.7. The van der Waals surface area contributed by atoms with E-state index in [2.05, 4.69) is 0 Å². The van der Waals surface area contributed by atoms with Crippen LogP contribution in [0.15, 0.2) is 54.6 Å². The zero-order chi connectivity index (χ0) is 22.0. The van der Waals surface area contributed by atoms with Gasteiger partial charge in [-0.2, -0.15) is 0 Å². The molecule has 1 aliphatic heterocycles. The molecule has 0 aromatic heterocycles. The minimum Gasteiger partial charge on any atom is -0.508 e. The van der Waals surface area contributed by atoms with Crippen molar-refractivity contribution in [2.45, 2.75) is 44.4 Å². The molecular weight excluding hydrogens is 394 g/mol. The topological polar surface area (TPSA) is 94.9 Å². The molecule has 1 heterocycles. The Bertz CT molecular complexity index is 950. The molecule has 31 heavy (non-hydrogen) atoms. The molecule has 1 saturated heterocycles. The quantitative estimate of drug-likeness (QED) is 0.553. The van der Waals surface area contributed by atoms with Crippen molar-refractivity contribution in [3.05, 3.63) is 60.2 Å². The second kappa shape index (κ2) is 8.92. The first kappa shape index (κ1) is 21.1. The lowest BCUT2D eigenvalue weighted by atomic mass is 9.68. The number of carbonyl (C=O) groups is 3. The standard InChI is InChI=1S/C25H27NO5/c27-19-13-11-17(12-14-19)21-20(15-16-7-3-1-4-8-16)23(28)26(18-9-5-2-6-10-18)24(29)22(21)25(30)31/h2,5-6,9-14,16,20-22,27H,1,3-4,7-8,15H2,(H,30,31)/t20-,21-,22+/m1/s1. The molecule has 6 nitrogen and oxygen atoms in total. The van der Waals surface area contributed by atoms with Gasteiger partial charge in [-0.05, 0) is 42.2 Å². The summed E-state index contributed by atoms with van der Waals surface area (Å²) in [7, 11) is 0. The number of hydrogen-bond acceptors (Lipinski definition) is 4. The van der Waals surface area contributed by atoms with Gasteiger partial charge in [0.2, 0.25) is 11.8 Å². The average molecular weight is 421 g/mol. The van der Waals surface area contributed by atoms with Gasteiger partial charge in [0.05, 0.1) is 5.69 Å². The van der Waals surface area contributed by atoms with Crippen LogP contribution in [-0.2, 0) is 14.4 Å². The van der Waals surface area contributed by atoms with Crippen LogP contribution in [0.2, 0.25) is 0 Å². The zero-order valence-corrected chi connectivity index (χ0v) is 17.3. The molecule has 2 aromatic rings. The Morgan fingerprint density at radius 3 is 2.16 bits per heavy atom. The van der Waals surface area contributed by atoms with E-state index in [9.17, 15) is 24.6 Å². The van der Waals surface area contributed by atoms with Crippen molar-refractivity contribution in [3.63, 3.8) is 0 Å². The number of hydrogen-bond donors (Lipinski definition) is 2. The summed E-state index contributed by atoms with van der Waals surface area (Å²) in [5, 5.41) is 19.8. The number of phenols is 1. The van der Waals surface area contributed by atoms with Gasteiger partial charge in [0.25, 0.3) is 0 Å². The van der Waals surface area contributed by atoms with Crippen LogP contribution in [0.5, 0.6) is 5.75 Å². The van der Waals surface area contributed by atoms with Crippen molar-refractivity contribution >= 4 is 23.5 Å². The molecule has 1 saturated carbocycles. The summed E-state index contributed by atoms with van der Waals surface area (Å²) < 4.78 is 0. The number of piperidine rings is 1. The lowest BCUT2D eigenvalue weighted by Gasteiger charge is -2.41. The van der Waals surface area contributed by atoms with Crippen molar-refractivity contribution in [1.82, 2.24) is 0 Å². The lowest BCUT2D eigenvalue weighted by molar-refractivity contribution is -0.151. The van der Waals surface area contributed by atoms with Gasteiger partial charge in [-0.1, -0.05) is 62.4 Å². The number of carboxylic acids is 1. The molecule has 6 heteroatoms. The molecule has 2 aliphatic rings. The minimum atomic E-state index is -1.36. The number of aliphatic carboxylic acids is 1. The van der Waals surface area contributed by atoms with Crippen LogP contribution in [0.25, 0.3) is 0 Å². The molecule has 2 fully saturated rings. The van der Waals surface area contributed by atoms with Crippen molar-refractivity contribution in [2.24, 2.45) is 17.8 Å². The fourth-order valence-electron chi connectivity index (χ4n) is 5.19. The van der Waals surface area contributed by atoms with E-state index >= 15 is 0 Å². The van der Waals surface area contributed by atoms with E-state index in [1.54, 1.807) is 42.5 Å². The van der Waals surface area contributed by atoms with Crippen LogP contribution in [0, 0.1) is 17.8 Å². The van der Waals surface area contributed by atoms with Gasteiger partial charge in [-0.15, -0.1) is 0 Å². The van der Waals surface area contributed by atoms with Gasteiger partial charge in [-0.25, -0.2) is 4.90 Å². The minimum absolute atomic E-state index is 0.0545. The summed E-state index contributed by atoms with van der Waals surface area (Å²) in [4.78, 5) is 40.4. The van der Waals surface area contributed by atoms with Gasteiger partial charge >= 0.3 is 5.97 Å². The summed E-state index contributed by atoms with van der Waals surface area (Å²) in [6.45, 7) is 0. The van der Waals surface area contributed by atoms with E-state index in [1.807, 2.05) is 0 Å². The molecule has 1 aliphatic carbocycles. The molecule has 0 unspecified atom stereocenters. The first-order chi connectivity index (χ1) is 15.0. The Labute approximate surface area is 181 Å². The normalized spacial score (nSPS) is 24.9. The Hall–Kier alpha value is -3.15.